The molecule has 1 rings (SSSR count). The first-order chi connectivity index (χ1) is 8.42. The molecule has 0 saturated carbocycles. The van der Waals surface area contributed by atoms with Crippen LogP contribution in [0.3, 0.4) is 0 Å². The molecular formula is C9H15KO9. The van der Waals surface area contributed by atoms with E-state index in [0.717, 1.165) is 0 Å². The Hall–Kier alpha value is 0.826. The first-order valence-corrected chi connectivity index (χ1v) is 5.20. The first-order valence-electron chi connectivity index (χ1n) is 5.20. The monoisotopic (exact) mass is 306 g/mol. The number of carbonyl (C=O) groups excluding carboxylic acids is 1. The molecule has 0 amide bonds. The molecule has 0 aromatic heterocycles. The SMILES string of the molecule is O=C([O-])[C@H](CO)O[C@H]1OC(CO)[C@@H](O)[C@H](O)C1O.[K+]. The van der Waals surface area contributed by atoms with Gasteiger partial charge in [0.25, 0.3) is 0 Å². The molecule has 0 aromatic carbocycles. The third-order valence-corrected chi connectivity index (χ3v) is 2.58. The van der Waals surface area contributed by atoms with Crippen molar-refractivity contribution in [2.75, 3.05) is 13.2 Å². The summed E-state index contributed by atoms with van der Waals surface area (Å²) in [6, 6.07) is 0. The zero-order valence-corrected chi connectivity index (χ0v) is 13.4. The third-order valence-electron chi connectivity index (χ3n) is 2.58. The van der Waals surface area contributed by atoms with Crippen LogP contribution >= 0.6 is 0 Å². The largest absolute Gasteiger partial charge is 1.00 e. The molecule has 0 aliphatic carbocycles. The van der Waals surface area contributed by atoms with E-state index in [9.17, 15) is 25.2 Å². The van der Waals surface area contributed by atoms with E-state index in [-0.39, 0.29) is 51.4 Å². The number of carboxylic acid groups (broad SMARTS) is 1. The summed E-state index contributed by atoms with van der Waals surface area (Å²) in [5.74, 6) is -1.73. The fraction of sp³-hybridized carbons (Fsp3) is 0.889. The molecule has 0 bridgehead atoms. The van der Waals surface area contributed by atoms with Gasteiger partial charge < -0.3 is 44.9 Å². The summed E-state index contributed by atoms with van der Waals surface area (Å²) in [5, 5.41) is 56.4. The van der Waals surface area contributed by atoms with Crippen LogP contribution in [-0.2, 0) is 14.3 Å². The Balaban J connectivity index is 0.00000324. The molecule has 10 heteroatoms. The molecule has 19 heavy (non-hydrogen) atoms. The van der Waals surface area contributed by atoms with E-state index in [1.54, 1.807) is 0 Å². The van der Waals surface area contributed by atoms with Gasteiger partial charge in [-0.3, -0.25) is 0 Å². The second kappa shape index (κ2) is 8.97. The number of carboxylic acids is 1. The quantitative estimate of drug-likeness (QED) is 0.311. The number of carbonyl (C=O) groups is 1. The van der Waals surface area contributed by atoms with Crippen LogP contribution in [0, 0.1) is 0 Å². The maximum Gasteiger partial charge on any atom is 1.00 e. The summed E-state index contributed by atoms with van der Waals surface area (Å²) < 4.78 is 9.58. The van der Waals surface area contributed by atoms with Crippen molar-refractivity contribution in [3.05, 3.63) is 0 Å². The molecule has 6 atom stereocenters. The minimum absolute atomic E-state index is 0. The van der Waals surface area contributed by atoms with Gasteiger partial charge >= 0.3 is 51.4 Å². The predicted molar refractivity (Wildman–Crippen MR) is 50.7 cm³/mol. The van der Waals surface area contributed by atoms with Crippen LogP contribution in [0.25, 0.3) is 0 Å². The molecule has 106 valence electrons. The van der Waals surface area contributed by atoms with E-state index in [1.165, 1.54) is 0 Å². The van der Waals surface area contributed by atoms with Crippen molar-refractivity contribution in [3.63, 3.8) is 0 Å². The summed E-state index contributed by atoms with van der Waals surface area (Å²) >= 11 is 0. The molecule has 1 heterocycles. The maximum absolute atomic E-state index is 10.5. The summed E-state index contributed by atoms with van der Waals surface area (Å²) in [6.07, 6.45) is -9.56. The molecule has 2 unspecified atom stereocenters. The molecule has 1 aliphatic rings. The van der Waals surface area contributed by atoms with Crippen molar-refractivity contribution in [2.24, 2.45) is 0 Å². The summed E-state index contributed by atoms with van der Waals surface area (Å²) in [6.45, 7) is -1.59. The predicted octanol–water partition coefficient (Wildman–Crippen LogP) is -8.08. The van der Waals surface area contributed by atoms with Gasteiger partial charge in [-0.1, -0.05) is 0 Å². The summed E-state index contributed by atoms with van der Waals surface area (Å²) in [4.78, 5) is 10.5. The van der Waals surface area contributed by atoms with Crippen LogP contribution in [0.1, 0.15) is 0 Å². The van der Waals surface area contributed by atoms with Crippen LogP contribution in [-0.4, -0.2) is 81.5 Å². The van der Waals surface area contributed by atoms with Crippen molar-refractivity contribution in [3.8, 4) is 0 Å². The van der Waals surface area contributed by atoms with Crippen molar-refractivity contribution < 1.29 is 96.3 Å². The smallest absolute Gasteiger partial charge is 0.547 e. The van der Waals surface area contributed by atoms with E-state index >= 15 is 0 Å². The Morgan fingerprint density at radius 2 is 1.79 bits per heavy atom. The number of aliphatic carboxylic acids is 1. The van der Waals surface area contributed by atoms with Crippen molar-refractivity contribution in [1.29, 1.82) is 0 Å². The average molecular weight is 306 g/mol. The standard InChI is InChI=1S/C9H16O9.K/c10-1-3-5(12)6(13)7(14)9(17-3)18-4(2-11)8(15)16;/h3-7,9-14H,1-2H2,(H,15,16);/q;+1/p-1/t3?,4-,5+,6-,7?,9+;/m0./s1. The number of aliphatic hydroxyl groups excluding tert-OH is 5. The van der Waals surface area contributed by atoms with Gasteiger partial charge in [0, 0.05) is 0 Å². The Bertz CT molecular complexity index is 287. The van der Waals surface area contributed by atoms with Gasteiger partial charge in [-0.15, -0.1) is 0 Å². The molecule has 9 nitrogen and oxygen atoms in total. The molecule has 1 aliphatic heterocycles. The number of rotatable bonds is 5. The Kier molecular flexibility index (Phi) is 9.36. The van der Waals surface area contributed by atoms with E-state index in [0.29, 0.717) is 0 Å². The zero-order chi connectivity index (χ0) is 13.9. The van der Waals surface area contributed by atoms with Crippen LogP contribution < -0.4 is 56.5 Å². The zero-order valence-electron chi connectivity index (χ0n) is 10.2. The number of hydrogen-bond acceptors (Lipinski definition) is 9. The first kappa shape index (κ1) is 19.8. The van der Waals surface area contributed by atoms with Gasteiger partial charge in [-0.05, 0) is 0 Å². The van der Waals surface area contributed by atoms with Gasteiger partial charge in [0.2, 0.25) is 0 Å². The van der Waals surface area contributed by atoms with E-state index < -0.39 is 56.0 Å². The van der Waals surface area contributed by atoms with Gasteiger partial charge in [0.15, 0.2) is 6.29 Å². The molecule has 1 fully saturated rings. The van der Waals surface area contributed by atoms with Crippen LogP contribution in [0.4, 0.5) is 0 Å². The number of hydrogen-bond donors (Lipinski definition) is 5. The average Bonchev–Trinajstić information content (AvgIpc) is 2.35. The second-order valence-electron chi connectivity index (χ2n) is 3.82. The summed E-state index contributed by atoms with van der Waals surface area (Å²) in [7, 11) is 0. The third kappa shape index (κ3) is 4.95. The Labute approximate surface area is 151 Å². The minimum Gasteiger partial charge on any atom is -0.547 e. The van der Waals surface area contributed by atoms with E-state index in [2.05, 4.69) is 0 Å². The van der Waals surface area contributed by atoms with Crippen LogP contribution in [0.5, 0.6) is 0 Å². The van der Waals surface area contributed by atoms with Crippen LogP contribution in [0.15, 0.2) is 0 Å². The van der Waals surface area contributed by atoms with Gasteiger partial charge in [-0.2, -0.15) is 0 Å². The molecule has 0 aromatic rings. The van der Waals surface area contributed by atoms with Crippen molar-refractivity contribution in [2.45, 2.75) is 36.8 Å². The van der Waals surface area contributed by atoms with E-state index in [4.69, 9.17) is 19.7 Å². The fourth-order valence-electron chi connectivity index (χ4n) is 1.51. The Morgan fingerprint density at radius 3 is 2.21 bits per heavy atom. The second-order valence-corrected chi connectivity index (χ2v) is 3.82. The molecule has 0 radical (unpaired) electrons. The molecular weight excluding hydrogens is 291 g/mol. The van der Waals surface area contributed by atoms with E-state index in [1.807, 2.05) is 0 Å². The number of ether oxygens (including phenoxy) is 2. The topological polar surface area (TPSA) is 160 Å². The van der Waals surface area contributed by atoms with Crippen LogP contribution in [0.2, 0.25) is 0 Å². The Morgan fingerprint density at radius 1 is 1.21 bits per heavy atom. The molecule has 0 spiro atoms. The van der Waals surface area contributed by atoms with Gasteiger partial charge in [0.05, 0.1) is 19.2 Å². The summed E-state index contributed by atoms with van der Waals surface area (Å²) in [5.41, 5.74) is 0. The molecule has 1 saturated heterocycles. The van der Waals surface area contributed by atoms with Gasteiger partial charge in [0.1, 0.15) is 30.5 Å². The van der Waals surface area contributed by atoms with Crippen molar-refractivity contribution >= 4 is 5.97 Å². The van der Waals surface area contributed by atoms with Crippen molar-refractivity contribution in [1.82, 2.24) is 0 Å². The molecule has 5 N–H and O–H groups in total. The normalized spacial score (nSPS) is 36.4. The maximum atomic E-state index is 10.5. The fourth-order valence-corrected chi connectivity index (χ4v) is 1.51. The minimum atomic E-state index is -1.76. The number of aliphatic hydroxyl groups is 5. The van der Waals surface area contributed by atoms with Gasteiger partial charge in [-0.25, -0.2) is 0 Å².